The molecule has 8 heteroatoms. The smallest absolute Gasteiger partial charge is 0.417 e. The van der Waals surface area contributed by atoms with E-state index in [4.69, 9.17) is 11.6 Å². The average Bonchev–Trinajstić information content (AvgIpc) is 2.47. The van der Waals surface area contributed by atoms with E-state index in [1.54, 1.807) is 18.4 Å². The van der Waals surface area contributed by atoms with E-state index in [9.17, 15) is 18.4 Å². The van der Waals surface area contributed by atoms with E-state index in [0.717, 1.165) is 12.1 Å². The first kappa shape index (κ1) is 14.6. The van der Waals surface area contributed by atoms with Crippen LogP contribution < -0.4 is 5.32 Å². The third-order valence-electron chi connectivity index (χ3n) is 3.21. The fraction of sp³-hybridized carbons (Fsp3) is 0.143. The van der Waals surface area contributed by atoms with Gasteiger partial charge < -0.3 is 10.5 Å². The number of alkyl halides is 3. The monoisotopic (exact) mass is 327 g/mol. The normalized spacial score (nSPS) is 17.6. The van der Waals surface area contributed by atoms with E-state index < -0.39 is 16.8 Å². The van der Waals surface area contributed by atoms with Gasteiger partial charge in [0.2, 0.25) is 0 Å². The summed E-state index contributed by atoms with van der Waals surface area (Å²) < 4.78 is 39.0. The Morgan fingerprint density at radius 3 is 2.68 bits per heavy atom. The second-order valence-electron chi connectivity index (χ2n) is 4.65. The summed E-state index contributed by atoms with van der Waals surface area (Å²) in [5.41, 5.74) is -0.284. The maximum absolute atomic E-state index is 12.8. The van der Waals surface area contributed by atoms with Crippen molar-refractivity contribution in [1.29, 1.82) is 0 Å². The lowest BCUT2D eigenvalue weighted by Gasteiger charge is -2.23. The first-order valence-electron chi connectivity index (χ1n) is 6.28. The van der Waals surface area contributed by atoms with Crippen LogP contribution in [-0.2, 0) is 6.18 Å². The van der Waals surface area contributed by atoms with Crippen molar-refractivity contribution in [1.82, 2.24) is 5.32 Å². The van der Waals surface area contributed by atoms with Gasteiger partial charge in [-0.15, -0.1) is 0 Å². The second kappa shape index (κ2) is 5.17. The van der Waals surface area contributed by atoms with Crippen LogP contribution in [0.1, 0.15) is 11.1 Å². The number of dihydropyridines is 1. The third-order valence-corrected chi connectivity index (χ3v) is 3.53. The summed E-state index contributed by atoms with van der Waals surface area (Å²) >= 11 is 5.55. The molecule has 0 fully saturated rings. The van der Waals surface area contributed by atoms with E-state index in [1.807, 2.05) is 0 Å². The standard InChI is InChI=1S/C14H9ClF3N3O/c15-11-2-1-9(7-10(11)14(16,17)18)13-20-12(21(13)22)8-3-5-19-6-4-8/h1-5,7,19H,6H2. The summed E-state index contributed by atoms with van der Waals surface area (Å²) in [7, 11) is 0. The summed E-state index contributed by atoms with van der Waals surface area (Å²) in [5, 5.41) is 14.6. The van der Waals surface area contributed by atoms with Crippen LogP contribution in [0.4, 0.5) is 13.2 Å². The molecule has 1 aromatic rings. The number of hydrogen-bond donors (Lipinski definition) is 1. The van der Waals surface area contributed by atoms with Gasteiger partial charge in [-0.2, -0.15) is 13.2 Å². The quantitative estimate of drug-likeness (QED) is 0.670. The van der Waals surface area contributed by atoms with Crippen molar-refractivity contribution in [3.63, 3.8) is 0 Å². The molecule has 0 saturated carbocycles. The Balaban J connectivity index is 1.92. The molecule has 2 aliphatic heterocycles. The van der Waals surface area contributed by atoms with Gasteiger partial charge in [0.25, 0.3) is 11.7 Å². The van der Waals surface area contributed by atoms with E-state index in [2.05, 4.69) is 10.3 Å². The van der Waals surface area contributed by atoms with Crippen LogP contribution in [0.15, 0.2) is 47.1 Å². The summed E-state index contributed by atoms with van der Waals surface area (Å²) in [4.78, 5) is 4.04. The molecule has 0 spiro atoms. The Bertz CT molecular complexity index is 763. The van der Waals surface area contributed by atoms with Crippen molar-refractivity contribution in [2.45, 2.75) is 6.18 Å². The fourth-order valence-electron chi connectivity index (χ4n) is 2.11. The van der Waals surface area contributed by atoms with Gasteiger partial charge in [-0.1, -0.05) is 22.7 Å². The molecule has 0 unspecified atom stereocenters. The van der Waals surface area contributed by atoms with Crippen LogP contribution in [0.2, 0.25) is 5.02 Å². The Kier molecular flexibility index (Phi) is 3.44. The number of nitrogens with zero attached hydrogens (tertiary/aromatic N) is 2. The van der Waals surface area contributed by atoms with E-state index in [-0.39, 0.29) is 17.2 Å². The Labute approximate surface area is 128 Å². The Hall–Kier alpha value is -2.28. The number of hydroxylamine groups is 1. The summed E-state index contributed by atoms with van der Waals surface area (Å²) in [6.45, 7) is 0.563. The van der Waals surface area contributed by atoms with Crippen LogP contribution in [0.3, 0.4) is 0 Å². The van der Waals surface area contributed by atoms with Gasteiger partial charge in [0.1, 0.15) is 0 Å². The molecule has 0 aromatic heterocycles. The molecular formula is C14H9ClF3N3O. The number of aliphatic imine (C=N–C) groups is 1. The maximum atomic E-state index is 12.8. The van der Waals surface area contributed by atoms with E-state index in [1.165, 1.54) is 6.07 Å². The van der Waals surface area contributed by atoms with Gasteiger partial charge in [-0.3, -0.25) is 0 Å². The molecule has 1 aromatic carbocycles. The zero-order valence-electron chi connectivity index (χ0n) is 11.0. The molecule has 1 N–H and O–H groups in total. The summed E-state index contributed by atoms with van der Waals surface area (Å²) in [6, 6.07) is 3.28. The highest BCUT2D eigenvalue weighted by Gasteiger charge is 2.35. The van der Waals surface area contributed by atoms with Crippen LogP contribution >= 0.6 is 11.6 Å². The number of benzene rings is 1. The highest BCUT2D eigenvalue weighted by molar-refractivity contribution is 6.31. The molecule has 2 aliphatic rings. The van der Waals surface area contributed by atoms with Crippen molar-refractivity contribution in [3.05, 3.63) is 63.5 Å². The number of amidine groups is 2. The van der Waals surface area contributed by atoms with Crippen molar-refractivity contribution < 1.29 is 17.9 Å². The lowest BCUT2D eigenvalue weighted by molar-refractivity contribution is -0.337. The average molecular weight is 328 g/mol. The Morgan fingerprint density at radius 2 is 2.09 bits per heavy atom. The largest absolute Gasteiger partial charge is 0.740 e. The molecule has 0 amide bonds. The molecule has 4 nitrogen and oxygen atoms in total. The number of hydrogen-bond acceptors (Lipinski definition) is 3. The van der Waals surface area contributed by atoms with Crippen LogP contribution in [0.25, 0.3) is 0 Å². The van der Waals surface area contributed by atoms with Gasteiger partial charge >= 0.3 is 6.18 Å². The predicted molar refractivity (Wildman–Crippen MR) is 76.9 cm³/mol. The maximum Gasteiger partial charge on any atom is 0.417 e. The van der Waals surface area contributed by atoms with Gasteiger partial charge in [0, 0.05) is 6.54 Å². The first-order chi connectivity index (χ1) is 10.4. The zero-order chi connectivity index (χ0) is 15.9. The SMILES string of the molecule is [O-][N+]1=C(C2=CCNC=C2)N=C1c1ccc(Cl)c(C(F)(F)F)c1. The lowest BCUT2D eigenvalue weighted by atomic mass is 10.1. The predicted octanol–water partition coefficient (Wildman–Crippen LogP) is 3.07. The van der Waals surface area contributed by atoms with Crippen molar-refractivity contribution in [3.8, 4) is 0 Å². The van der Waals surface area contributed by atoms with Gasteiger partial charge in [0.15, 0.2) is 0 Å². The highest BCUT2D eigenvalue weighted by atomic mass is 35.5. The first-order valence-corrected chi connectivity index (χ1v) is 6.66. The minimum absolute atomic E-state index is 0.0648. The van der Waals surface area contributed by atoms with Gasteiger partial charge in [0.05, 0.1) is 21.7 Å². The number of rotatable bonds is 2. The molecular weight excluding hydrogens is 319 g/mol. The molecule has 0 saturated heterocycles. The minimum Gasteiger partial charge on any atom is -0.740 e. The summed E-state index contributed by atoms with van der Waals surface area (Å²) in [6.07, 6.45) is 0.530. The summed E-state index contributed by atoms with van der Waals surface area (Å²) in [5.74, 6) is 0.112. The highest BCUT2D eigenvalue weighted by Crippen LogP contribution is 2.35. The molecule has 0 bridgehead atoms. The topological polar surface area (TPSA) is 50.5 Å². The van der Waals surface area contributed by atoms with Crippen LogP contribution in [0, 0.1) is 5.21 Å². The third kappa shape index (κ3) is 2.48. The number of halogens is 4. The molecule has 3 rings (SSSR count). The van der Waals surface area contributed by atoms with Crippen molar-refractivity contribution >= 4 is 23.3 Å². The van der Waals surface area contributed by atoms with E-state index in [0.29, 0.717) is 16.9 Å². The molecule has 0 aliphatic carbocycles. The van der Waals surface area contributed by atoms with Crippen LogP contribution in [0.5, 0.6) is 0 Å². The zero-order valence-corrected chi connectivity index (χ0v) is 11.7. The fourth-order valence-corrected chi connectivity index (χ4v) is 2.34. The van der Waals surface area contributed by atoms with Crippen LogP contribution in [-0.4, -0.2) is 23.0 Å². The van der Waals surface area contributed by atoms with Gasteiger partial charge in [-0.05, 0) is 30.5 Å². The number of nitrogens with one attached hydrogen (secondary N) is 1. The van der Waals surface area contributed by atoms with Crippen molar-refractivity contribution in [2.75, 3.05) is 6.54 Å². The Morgan fingerprint density at radius 1 is 1.32 bits per heavy atom. The molecule has 0 radical (unpaired) electrons. The van der Waals surface area contributed by atoms with Crippen molar-refractivity contribution in [2.24, 2.45) is 4.99 Å². The van der Waals surface area contributed by atoms with Gasteiger partial charge in [-0.25, -0.2) is 4.74 Å². The molecule has 114 valence electrons. The molecule has 22 heavy (non-hydrogen) atoms. The molecule has 0 atom stereocenters. The minimum atomic E-state index is -4.59. The lowest BCUT2D eigenvalue weighted by Crippen LogP contribution is -2.34. The second-order valence-corrected chi connectivity index (χ2v) is 5.05. The molecule has 2 heterocycles. The van der Waals surface area contributed by atoms with E-state index >= 15 is 0 Å².